The topological polar surface area (TPSA) is 55.4 Å². The zero-order chi connectivity index (χ0) is 14.5. The van der Waals surface area contributed by atoms with Crippen LogP contribution in [0.3, 0.4) is 0 Å². The maximum Gasteiger partial charge on any atom is 0.321 e. The summed E-state index contributed by atoms with van der Waals surface area (Å²) < 4.78 is 4.60. The summed E-state index contributed by atoms with van der Waals surface area (Å²) >= 11 is 4.77. The Hall–Kier alpha value is -0.880. The lowest BCUT2D eigenvalue weighted by molar-refractivity contribution is -0.139. The Morgan fingerprint density at radius 1 is 1.40 bits per heavy atom. The molecule has 0 radical (unpaired) electrons. The van der Waals surface area contributed by atoms with Gasteiger partial charge in [-0.2, -0.15) is 0 Å². The average Bonchev–Trinajstić information content (AvgIpc) is 2.74. The fourth-order valence-electron chi connectivity index (χ4n) is 2.26. The SMILES string of the molecule is COC(=O)C(Br)CNC(=O)c1cc2c(s1)CCCCC2. The minimum absolute atomic E-state index is 0.114. The van der Waals surface area contributed by atoms with Crippen molar-refractivity contribution in [3.05, 3.63) is 21.4 Å². The molecule has 0 spiro atoms. The number of esters is 1. The molecule has 1 aliphatic carbocycles. The quantitative estimate of drug-likeness (QED) is 0.510. The van der Waals surface area contributed by atoms with Crippen LogP contribution in [0.1, 0.15) is 39.4 Å². The third-order valence-electron chi connectivity index (χ3n) is 3.37. The predicted octanol–water partition coefficient (Wildman–Crippen LogP) is 2.68. The molecular weight excluding hydrogens is 342 g/mol. The third kappa shape index (κ3) is 3.82. The Morgan fingerprint density at radius 2 is 2.15 bits per heavy atom. The molecule has 1 aromatic rings. The second-order valence-electron chi connectivity index (χ2n) is 4.82. The molecule has 110 valence electrons. The van der Waals surface area contributed by atoms with E-state index in [1.807, 2.05) is 6.07 Å². The normalized spacial score (nSPS) is 15.9. The van der Waals surface area contributed by atoms with Crippen LogP contribution in [-0.4, -0.2) is 30.4 Å². The number of thiophene rings is 1. The Morgan fingerprint density at radius 3 is 2.90 bits per heavy atom. The molecule has 4 nitrogen and oxygen atoms in total. The number of methoxy groups -OCH3 is 1. The number of alkyl halides is 1. The number of rotatable bonds is 4. The molecule has 1 heterocycles. The number of nitrogens with one attached hydrogen (secondary N) is 1. The number of carbonyl (C=O) groups is 2. The van der Waals surface area contributed by atoms with Crippen molar-refractivity contribution < 1.29 is 14.3 Å². The summed E-state index contributed by atoms with van der Waals surface area (Å²) in [5.41, 5.74) is 1.32. The van der Waals surface area contributed by atoms with Crippen LogP contribution in [0.5, 0.6) is 0 Å². The number of ether oxygens (including phenoxy) is 1. The van der Waals surface area contributed by atoms with Crippen LogP contribution in [0.25, 0.3) is 0 Å². The summed E-state index contributed by atoms with van der Waals surface area (Å²) in [5, 5.41) is 2.76. The van der Waals surface area contributed by atoms with Gasteiger partial charge in [0.05, 0.1) is 12.0 Å². The number of aryl methyl sites for hydroxylation is 2. The Labute approximate surface area is 131 Å². The molecule has 6 heteroatoms. The molecule has 1 aliphatic rings. The summed E-state index contributed by atoms with van der Waals surface area (Å²) in [5.74, 6) is -0.497. The summed E-state index contributed by atoms with van der Waals surface area (Å²) in [6.45, 7) is 0.230. The minimum atomic E-state index is -0.505. The fraction of sp³-hybridized carbons (Fsp3) is 0.571. The van der Waals surface area contributed by atoms with E-state index in [1.165, 1.54) is 36.8 Å². The van der Waals surface area contributed by atoms with Crippen molar-refractivity contribution >= 4 is 39.1 Å². The van der Waals surface area contributed by atoms with Gasteiger partial charge in [-0.3, -0.25) is 9.59 Å². The minimum Gasteiger partial charge on any atom is -0.468 e. The monoisotopic (exact) mass is 359 g/mol. The Balaban J connectivity index is 1.94. The first kappa shape index (κ1) is 15.5. The van der Waals surface area contributed by atoms with E-state index in [1.54, 1.807) is 11.3 Å². The van der Waals surface area contributed by atoms with Gasteiger partial charge in [0.2, 0.25) is 0 Å². The molecule has 1 unspecified atom stereocenters. The molecule has 0 aliphatic heterocycles. The molecule has 1 amide bonds. The lowest BCUT2D eigenvalue weighted by Crippen LogP contribution is -2.33. The fourth-order valence-corrected chi connectivity index (χ4v) is 3.78. The largest absolute Gasteiger partial charge is 0.468 e. The van der Waals surface area contributed by atoms with Crippen molar-refractivity contribution in [1.29, 1.82) is 0 Å². The van der Waals surface area contributed by atoms with Crippen LogP contribution < -0.4 is 5.32 Å². The number of hydrogen-bond acceptors (Lipinski definition) is 4. The van der Waals surface area contributed by atoms with Crippen LogP contribution in [-0.2, 0) is 22.4 Å². The summed E-state index contributed by atoms with van der Waals surface area (Å²) in [4.78, 5) is 24.9. The zero-order valence-electron chi connectivity index (χ0n) is 11.4. The Bertz CT molecular complexity index is 477. The maximum atomic E-state index is 12.1. The first-order valence-electron chi connectivity index (χ1n) is 6.73. The van der Waals surface area contributed by atoms with Crippen molar-refractivity contribution in [2.45, 2.75) is 36.9 Å². The van der Waals surface area contributed by atoms with Gasteiger partial charge in [-0.25, -0.2) is 0 Å². The van der Waals surface area contributed by atoms with Gasteiger partial charge in [-0.1, -0.05) is 22.4 Å². The van der Waals surface area contributed by atoms with E-state index in [9.17, 15) is 9.59 Å². The van der Waals surface area contributed by atoms with E-state index in [0.717, 1.165) is 17.7 Å². The molecule has 0 saturated carbocycles. The van der Waals surface area contributed by atoms with Crippen molar-refractivity contribution in [3.63, 3.8) is 0 Å². The number of carbonyl (C=O) groups excluding carboxylic acids is 2. The van der Waals surface area contributed by atoms with Crippen LogP contribution in [0.4, 0.5) is 0 Å². The maximum absolute atomic E-state index is 12.1. The number of fused-ring (bicyclic) bond motifs is 1. The van der Waals surface area contributed by atoms with E-state index < -0.39 is 4.83 Å². The number of hydrogen-bond donors (Lipinski definition) is 1. The molecule has 1 N–H and O–H groups in total. The van der Waals surface area contributed by atoms with Crippen LogP contribution in [0.15, 0.2) is 6.07 Å². The smallest absolute Gasteiger partial charge is 0.321 e. The first-order valence-corrected chi connectivity index (χ1v) is 8.46. The summed E-state index contributed by atoms with van der Waals surface area (Å²) in [7, 11) is 1.33. The lowest BCUT2D eigenvalue weighted by Gasteiger charge is -2.08. The van der Waals surface area contributed by atoms with Gasteiger partial charge in [0, 0.05) is 11.4 Å². The van der Waals surface area contributed by atoms with Crippen molar-refractivity contribution in [2.75, 3.05) is 13.7 Å². The van der Waals surface area contributed by atoms with Crippen LogP contribution in [0.2, 0.25) is 0 Å². The molecule has 0 fully saturated rings. The van der Waals surface area contributed by atoms with E-state index in [2.05, 4.69) is 26.0 Å². The third-order valence-corrected chi connectivity index (χ3v) is 5.30. The van der Waals surface area contributed by atoms with Crippen molar-refractivity contribution in [1.82, 2.24) is 5.32 Å². The van der Waals surface area contributed by atoms with E-state index in [4.69, 9.17) is 0 Å². The number of halogens is 1. The average molecular weight is 360 g/mol. The highest BCUT2D eigenvalue weighted by Crippen LogP contribution is 2.28. The first-order chi connectivity index (χ1) is 9.61. The molecule has 0 saturated heterocycles. The second-order valence-corrected chi connectivity index (χ2v) is 7.06. The van der Waals surface area contributed by atoms with E-state index in [0.29, 0.717) is 0 Å². The van der Waals surface area contributed by atoms with Gasteiger partial charge in [-0.05, 0) is 37.3 Å². The lowest BCUT2D eigenvalue weighted by atomic mass is 10.1. The van der Waals surface area contributed by atoms with Crippen LogP contribution >= 0.6 is 27.3 Å². The molecule has 0 aromatic carbocycles. The highest BCUT2D eigenvalue weighted by atomic mass is 79.9. The molecular formula is C14H18BrNO3S. The predicted molar refractivity (Wildman–Crippen MR) is 82.6 cm³/mol. The van der Waals surface area contributed by atoms with Crippen LogP contribution in [0, 0.1) is 0 Å². The van der Waals surface area contributed by atoms with Gasteiger partial charge in [-0.15, -0.1) is 11.3 Å². The van der Waals surface area contributed by atoms with Gasteiger partial charge < -0.3 is 10.1 Å². The summed E-state index contributed by atoms with van der Waals surface area (Å²) in [6, 6.07) is 2.00. The molecule has 1 aromatic heterocycles. The van der Waals surface area contributed by atoms with Gasteiger partial charge in [0.15, 0.2) is 0 Å². The molecule has 1 atom stereocenters. The summed E-state index contributed by atoms with van der Waals surface area (Å²) in [6.07, 6.45) is 5.84. The van der Waals surface area contributed by atoms with E-state index >= 15 is 0 Å². The zero-order valence-corrected chi connectivity index (χ0v) is 13.8. The van der Waals surface area contributed by atoms with E-state index in [-0.39, 0.29) is 18.4 Å². The molecule has 0 bridgehead atoms. The second kappa shape index (κ2) is 7.22. The van der Waals surface area contributed by atoms with Gasteiger partial charge in [0.25, 0.3) is 5.91 Å². The number of amides is 1. The molecule has 20 heavy (non-hydrogen) atoms. The highest BCUT2D eigenvalue weighted by Gasteiger charge is 2.19. The van der Waals surface area contributed by atoms with Gasteiger partial charge >= 0.3 is 5.97 Å². The highest BCUT2D eigenvalue weighted by molar-refractivity contribution is 9.10. The van der Waals surface area contributed by atoms with Crippen molar-refractivity contribution in [2.24, 2.45) is 0 Å². The van der Waals surface area contributed by atoms with Crippen molar-refractivity contribution in [3.8, 4) is 0 Å². The Kier molecular flexibility index (Phi) is 5.60. The van der Waals surface area contributed by atoms with Gasteiger partial charge in [0.1, 0.15) is 4.83 Å². The standard InChI is InChI=1S/C14H18BrNO3S/c1-19-14(18)10(15)8-16-13(17)12-7-9-5-3-2-4-6-11(9)20-12/h7,10H,2-6,8H2,1H3,(H,16,17). The molecule has 2 rings (SSSR count).